The third kappa shape index (κ3) is 4.74. The maximum absolute atomic E-state index is 12.3. The van der Waals surface area contributed by atoms with Gasteiger partial charge in [-0.2, -0.15) is 5.10 Å². The van der Waals surface area contributed by atoms with Gasteiger partial charge in [0.15, 0.2) is 11.5 Å². The Labute approximate surface area is 169 Å². The normalized spacial score (nSPS) is 16.1. The Balaban J connectivity index is 1.61. The largest absolute Gasteiger partial charge is 0.493 e. The Morgan fingerprint density at radius 1 is 1.32 bits per heavy atom. The summed E-state index contributed by atoms with van der Waals surface area (Å²) in [5.74, 6) is 1.39. The van der Waals surface area contributed by atoms with Crippen molar-refractivity contribution in [2.75, 3.05) is 33.3 Å². The van der Waals surface area contributed by atoms with Gasteiger partial charge in [-0.05, 0) is 31.0 Å². The maximum atomic E-state index is 12.3. The molecule has 28 heavy (non-hydrogen) atoms. The van der Waals surface area contributed by atoms with E-state index in [1.165, 1.54) is 6.33 Å². The van der Waals surface area contributed by atoms with Crippen LogP contribution in [0.4, 0.5) is 0 Å². The molecule has 8 nitrogen and oxygen atoms in total. The highest BCUT2D eigenvalue weighted by Crippen LogP contribution is 2.37. The van der Waals surface area contributed by atoms with Gasteiger partial charge in [-0.1, -0.05) is 18.5 Å². The van der Waals surface area contributed by atoms with Crippen LogP contribution in [0.25, 0.3) is 0 Å². The van der Waals surface area contributed by atoms with Crippen LogP contribution in [0.15, 0.2) is 18.5 Å². The number of halogens is 1. The predicted molar refractivity (Wildman–Crippen MR) is 106 cm³/mol. The molecule has 2 aromatic rings. The highest BCUT2D eigenvalue weighted by molar-refractivity contribution is 6.32. The van der Waals surface area contributed by atoms with Gasteiger partial charge in [0.25, 0.3) is 5.91 Å². The zero-order valence-corrected chi connectivity index (χ0v) is 17.2. The van der Waals surface area contributed by atoms with E-state index in [0.29, 0.717) is 29.6 Å². The number of ether oxygens (including phenoxy) is 2. The van der Waals surface area contributed by atoms with Crippen molar-refractivity contribution in [1.82, 2.24) is 25.0 Å². The Morgan fingerprint density at radius 3 is 2.68 bits per heavy atom. The second-order valence-electron chi connectivity index (χ2n) is 6.85. The molecule has 1 aromatic heterocycles. The van der Waals surface area contributed by atoms with Crippen LogP contribution >= 0.6 is 11.6 Å². The molecule has 0 spiro atoms. The van der Waals surface area contributed by atoms with Gasteiger partial charge in [-0.3, -0.25) is 14.8 Å². The molecule has 1 aromatic carbocycles. The number of aromatic nitrogens is 3. The molecule has 0 unspecified atom stereocenters. The molecule has 1 amide bonds. The van der Waals surface area contributed by atoms with E-state index in [4.69, 9.17) is 21.1 Å². The first-order chi connectivity index (χ1) is 13.5. The quantitative estimate of drug-likeness (QED) is 0.759. The molecule has 1 atom stereocenters. The molecule has 3 rings (SSSR count). The number of benzene rings is 1. The Kier molecular flexibility index (Phi) is 6.74. The van der Waals surface area contributed by atoms with Crippen molar-refractivity contribution in [2.24, 2.45) is 0 Å². The lowest BCUT2D eigenvalue weighted by Crippen LogP contribution is -2.48. The molecule has 2 heterocycles. The summed E-state index contributed by atoms with van der Waals surface area (Å²) in [6.45, 7) is 7.61. The van der Waals surface area contributed by atoms with E-state index in [0.717, 1.165) is 31.6 Å². The van der Waals surface area contributed by atoms with Crippen LogP contribution in [0, 0.1) is 0 Å². The van der Waals surface area contributed by atoms with Crippen molar-refractivity contribution in [2.45, 2.75) is 32.9 Å². The minimum atomic E-state index is -0.117. The van der Waals surface area contributed by atoms with Crippen LogP contribution in [0.2, 0.25) is 5.02 Å². The molecule has 1 saturated heterocycles. The second kappa shape index (κ2) is 9.25. The standard InChI is InChI=1S/C19H26ClN5O3/c1-4-13(2)28-17-15(20)9-14(10-16(17)27-3)11-24-5-7-25(8-6-24)19(26)18-21-12-22-23-18/h9-10,12-13H,4-8,11H2,1-3H3,(H,21,22,23)/t13-/m1/s1. The third-order valence-electron chi connectivity index (χ3n) is 4.87. The number of carbonyl (C=O) groups excluding carboxylic acids is 1. The van der Waals surface area contributed by atoms with Crippen LogP contribution in [0.1, 0.15) is 36.5 Å². The first-order valence-electron chi connectivity index (χ1n) is 9.41. The van der Waals surface area contributed by atoms with E-state index < -0.39 is 0 Å². The lowest BCUT2D eigenvalue weighted by molar-refractivity contribution is 0.0617. The maximum Gasteiger partial charge on any atom is 0.291 e. The van der Waals surface area contributed by atoms with Crippen molar-refractivity contribution in [3.63, 3.8) is 0 Å². The number of hydrogen-bond acceptors (Lipinski definition) is 6. The number of aromatic amines is 1. The molecule has 9 heteroatoms. The average Bonchev–Trinajstić information content (AvgIpc) is 3.24. The number of methoxy groups -OCH3 is 1. The summed E-state index contributed by atoms with van der Waals surface area (Å²) < 4.78 is 11.4. The summed E-state index contributed by atoms with van der Waals surface area (Å²) in [6, 6.07) is 3.89. The third-order valence-corrected chi connectivity index (χ3v) is 5.15. The van der Waals surface area contributed by atoms with Crippen LogP contribution in [-0.4, -0.2) is 70.3 Å². The monoisotopic (exact) mass is 407 g/mol. The molecule has 152 valence electrons. The Morgan fingerprint density at radius 2 is 2.07 bits per heavy atom. The number of rotatable bonds is 7. The molecule has 0 saturated carbocycles. The molecule has 1 aliphatic heterocycles. The molecule has 1 N–H and O–H groups in total. The minimum absolute atomic E-state index is 0.0622. The smallest absolute Gasteiger partial charge is 0.291 e. The van der Waals surface area contributed by atoms with Crippen molar-refractivity contribution >= 4 is 17.5 Å². The van der Waals surface area contributed by atoms with Crippen LogP contribution < -0.4 is 9.47 Å². The molecular formula is C19H26ClN5O3. The molecular weight excluding hydrogens is 382 g/mol. The van der Waals surface area contributed by atoms with Crippen LogP contribution in [0.5, 0.6) is 11.5 Å². The summed E-state index contributed by atoms with van der Waals surface area (Å²) in [4.78, 5) is 20.3. The SMILES string of the molecule is CC[C@@H](C)Oc1c(Cl)cc(CN2CCN(C(=O)c3ncn[nH]3)CC2)cc1OC. The number of nitrogens with zero attached hydrogens (tertiary/aromatic N) is 4. The zero-order chi connectivity index (χ0) is 20.1. The summed E-state index contributed by atoms with van der Waals surface area (Å²) in [6.07, 6.45) is 2.29. The van der Waals surface area contributed by atoms with Crippen molar-refractivity contribution < 1.29 is 14.3 Å². The van der Waals surface area contributed by atoms with Gasteiger partial charge in [-0.15, -0.1) is 0 Å². The summed E-state index contributed by atoms with van der Waals surface area (Å²) >= 11 is 6.46. The van der Waals surface area contributed by atoms with E-state index in [2.05, 4.69) is 27.0 Å². The van der Waals surface area contributed by atoms with Crippen molar-refractivity contribution in [1.29, 1.82) is 0 Å². The van der Waals surface area contributed by atoms with Crippen LogP contribution in [0.3, 0.4) is 0 Å². The summed E-state index contributed by atoms with van der Waals surface area (Å²) in [5, 5.41) is 6.91. The van der Waals surface area contributed by atoms with Gasteiger partial charge >= 0.3 is 0 Å². The number of nitrogens with one attached hydrogen (secondary N) is 1. The van der Waals surface area contributed by atoms with Gasteiger partial charge in [0.1, 0.15) is 6.33 Å². The average molecular weight is 408 g/mol. The van der Waals surface area contributed by atoms with Crippen molar-refractivity contribution in [3.8, 4) is 11.5 Å². The number of amides is 1. The van der Waals surface area contributed by atoms with E-state index in [1.54, 1.807) is 12.0 Å². The lowest BCUT2D eigenvalue weighted by atomic mass is 10.1. The number of piperazine rings is 1. The molecule has 0 radical (unpaired) electrons. The first kappa shape index (κ1) is 20.4. The van der Waals surface area contributed by atoms with Gasteiger partial charge in [0, 0.05) is 32.7 Å². The summed E-state index contributed by atoms with van der Waals surface area (Å²) in [5.41, 5.74) is 1.05. The first-order valence-corrected chi connectivity index (χ1v) is 9.79. The number of carbonyl (C=O) groups is 1. The summed E-state index contributed by atoms with van der Waals surface area (Å²) in [7, 11) is 1.62. The van der Waals surface area contributed by atoms with Gasteiger partial charge in [-0.25, -0.2) is 4.98 Å². The Bertz CT molecular complexity index is 791. The van der Waals surface area contributed by atoms with E-state index >= 15 is 0 Å². The fourth-order valence-electron chi connectivity index (χ4n) is 3.09. The highest BCUT2D eigenvalue weighted by Gasteiger charge is 2.24. The predicted octanol–water partition coefficient (Wildman–Crippen LogP) is 2.60. The topological polar surface area (TPSA) is 83.6 Å². The fourth-order valence-corrected chi connectivity index (χ4v) is 3.37. The lowest BCUT2D eigenvalue weighted by Gasteiger charge is -2.34. The number of H-pyrrole nitrogens is 1. The fraction of sp³-hybridized carbons (Fsp3) is 0.526. The van der Waals surface area contributed by atoms with Crippen molar-refractivity contribution in [3.05, 3.63) is 34.9 Å². The van der Waals surface area contributed by atoms with E-state index in [-0.39, 0.29) is 17.8 Å². The Hall–Kier alpha value is -2.32. The second-order valence-corrected chi connectivity index (χ2v) is 7.26. The highest BCUT2D eigenvalue weighted by atomic mass is 35.5. The molecule has 1 fully saturated rings. The van der Waals surface area contributed by atoms with Gasteiger partial charge in [0.05, 0.1) is 18.2 Å². The molecule has 0 bridgehead atoms. The minimum Gasteiger partial charge on any atom is -0.493 e. The van der Waals surface area contributed by atoms with E-state index in [1.807, 2.05) is 19.1 Å². The van der Waals surface area contributed by atoms with E-state index in [9.17, 15) is 4.79 Å². The van der Waals surface area contributed by atoms with Crippen LogP contribution in [-0.2, 0) is 6.54 Å². The zero-order valence-electron chi connectivity index (χ0n) is 16.4. The van der Waals surface area contributed by atoms with Gasteiger partial charge in [0.2, 0.25) is 5.82 Å². The molecule has 1 aliphatic rings. The molecule has 0 aliphatic carbocycles. The van der Waals surface area contributed by atoms with Gasteiger partial charge < -0.3 is 14.4 Å². The number of hydrogen-bond donors (Lipinski definition) is 1.